The molecule has 0 saturated carbocycles. The molecule has 0 radical (unpaired) electrons. The standard InChI is InChI=1S/C12H15B/c1-3-4-8-12-10(2)6-5-7-11(12)9-13/h3-8H,1,9,13H2,2H3/b8-4-. The van der Waals surface area contributed by atoms with E-state index in [1.165, 1.54) is 16.7 Å². The fraction of sp³-hybridized carbons (Fsp3) is 0.167. The molecule has 1 heteroatoms. The Labute approximate surface area is 81.4 Å². The Morgan fingerprint density at radius 2 is 2.23 bits per heavy atom. The van der Waals surface area contributed by atoms with Crippen LogP contribution in [0.3, 0.4) is 0 Å². The summed E-state index contributed by atoms with van der Waals surface area (Å²) >= 11 is 0. The monoisotopic (exact) mass is 170 g/mol. The largest absolute Gasteiger partial charge is 0.107 e. The van der Waals surface area contributed by atoms with Crippen LogP contribution in [0.2, 0.25) is 0 Å². The van der Waals surface area contributed by atoms with E-state index in [1.54, 1.807) is 0 Å². The second-order valence-corrected chi connectivity index (χ2v) is 3.10. The van der Waals surface area contributed by atoms with Crippen LogP contribution in [0.4, 0.5) is 0 Å². The summed E-state index contributed by atoms with van der Waals surface area (Å²) in [5.74, 6) is 0. The van der Waals surface area contributed by atoms with Crippen molar-refractivity contribution in [3.05, 3.63) is 53.6 Å². The van der Waals surface area contributed by atoms with Gasteiger partial charge in [-0.3, -0.25) is 0 Å². The fourth-order valence-corrected chi connectivity index (χ4v) is 1.45. The van der Waals surface area contributed by atoms with Gasteiger partial charge < -0.3 is 0 Å². The van der Waals surface area contributed by atoms with Crippen LogP contribution in [-0.2, 0) is 6.32 Å². The molecule has 0 bridgehead atoms. The minimum atomic E-state index is 1.08. The van der Waals surface area contributed by atoms with Crippen LogP contribution in [-0.4, -0.2) is 7.85 Å². The average Bonchev–Trinajstić information content (AvgIpc) is 2.15. The summed E-state index contributed by atoms with van der Waals surface area (Å²) in [7, 11) is 2.18. The lowest BCUT2D eigenvalue weighted by Gasteiger charge is -2.06. The Kier molecular flexibility index (Phi) is 3.57. The van der Waals surface area contributed by atoms with Crippen LogP contribution in [0, 0.1) is 6.92 Å². The third-order valence-electron chi connectivity index (χ3n) is 2.19. The zero-order valence-electron chi connectivity index (χ0n) is 8.38. The van der Waals surface area contributed by atoms with Crippen LogP contribution in [0.15, 0.2) is 36.9 Å². The smallest absolute Gasteiger partial charge is 0.0991 e. The van der Waals surface area contributed by atoms with Crippen LogP contribution >= 0.6 is 0 Å². The van der Waals surface area contributed by atoms with Gasteiger partial charge in [-0.25, -0.2) is 0 Å². The Hall–Kier alpha value is -1.24. The van der Waals surface area contributed by atoms with Crippen molar-refractivity contribution in [3.63, 3.8) is 0 Å². The molecule has 0 unspecified atom stereocenters. The van der Waals surface area contributed by atoms with E-state index in [1.807, 2.05) is 12.2 Å². The molecule has 0 atom stereocenters. The van der Waals surface area contributed by atoms with Crippen LogP contribution in [0.1, 0.15) is 16.7 Å². The number of rotatable bonds is 3. The van der Waals surface area contributed by atoms with Crippen molar-refractivity contribution in [2.45, 2.75) is 13.2 Å². The van der Waals surface area contributed by atoms with Gasteiger partial charge in [0, 0.05) is 0 Å². The first-order chi connectivity index (χ1) is 6.29. The molecule has 0 saturated heterocycles. The van der Waals surface area contributed by atoms with E-state index in [-0.39, 0.29) is 0 Å². The number of aryl methyl sites for hydroxylation is 1. The van der Waals surface area contributed by atoms with Gasteiger partial charge in [0.1, 0.15) is 7.85 Å². The molecule has 0 aliphatic carbocycles. The van der Waals surface area contributed by atoms with E-state index in [0.29, 0.717) is 0 Å². The first kappa shape index (κ1) is 9.85. The molecule has 0 aliphatic heterocycles. The van der Waals surface area contributed by atoms with Gasteiger partial charge in [0.05, 0.1) is 0 Å². The SMILES string of the molecule is BCc1cccc(C)c1/C=C\C=C. The molecule has 0 spiro atoms. The molecule has 1 aromatic carbocycles. The van der Waals surface area contributed by atoms with E-state index in [2.05, 4.69) is 45.6 Å². The van der Waals surface area contributed by atoms with Gasteiger partial charge in [-0.15, -0.1) is 0 Å². The maximum Gasteiger partial charge on any atom is 0.107 e. The number of hydrogen-bond donors (Lipinski definition) is 0. The molecule has 0 nitrogen and oxygen atoms in total. The molecule has 0 heterocycles. The number of allylic oxidation sites excluding steroid dienone is 2. The summed E-state index contributed by atoms with van der Waals surface area (Å²) in [6.07, 6.45) is 7.01. The average molecular weight is 170 g/mol. The van der Waals surface area contributed by atoms with Crippen molar-refractivity contribution in [2.24, 2.45) is 0 Å². The summed E-state index contributed by atoms with van der Waals surface area (Å²) in [5.41, 5.74) is 4.07. The maximum absolute atomic E-state index is 3.67. The van der Waals surface area contributed by atoms with Gasteiger partial charge in [-0.1, -0.05) is 49.3 Å². The lowest BCUT2D eigenvalue weighted by molar-refractivity contribution is 1.32. The molecule has 66 valence electrons. The highest BCUT2D eigenvalue weighted by molar-refractivity contribution is 6.08. The van der Waals surface area contributed by atoms with E-state index in [4.69, 9.17) is 0 Å². The predicted molar refractivity (Wildman–Crippen MR) is 62.7 cm³/mol. The quantitative estimate of drug-likeness (QED) is 0.482. The summed E-state index contributed by atoms with van der Waals surface area (Å²) in [5, 5.41) is 0. The highest BCUT2D eigenvalue weighted by Gasteiger charge is 1.98. The molecule has 0 fully saturated rings. The maximum atomic E-state index is 3.67. The second-order valence-electron chi connectivity index (χ2n) is 3.10. The normalized spacial score (nSPS) is 10.5. The lowest BCUT2D eigenvalue weighted by Crippen LogP contribution is -1.91. The van der Waals surface area contributed by atoms with Crippen molar-refractivity contribution in [3.8, 4) is 0 Å². The van der Waals surface area contributed by atoms with E-state index >= 15 is 0 Å². The highest BCUT2D eigenvalue weighted by Crippen LogP contribution is 2.15. The second kappa shape index (κ2) is 4.71. The molecule has 0 N–H and O–H groups in total. The van der Waals surface area contributed by atoms with Crippen molar-refractivity contribution in [2.75, 3.05) is 0 Å². The van der Waals surface area contributed by atoms with Crippen molar-refractivity contribution in [1.82, 2.24) is 0 Å². The summed E-state index contributed by atoms with van der Waals surface area (Å²) < 4.78 is 0. The van der Waals surface area contributed by atoms with Gasteiger partial charge in [0.2, 0.25) is 0 Å². The first-order valence-corrected chi connectivity index (χ1v) is 4.67. The van der Waals surface area contributed by atoms with Crippen LogP contribution < -0.4 is 0 Å². The number of hydrogen-bond acceptors (Lipinski definition) is 0. The Bertz CT molecular complexity index is 324. The van der Waals surface area contributed by atoms with E-state index in [9.17, 15) is 0 Å². The zero-order valence-corrected chi connectivity index (χ0v) is 8.38. The molecule has 1 aromatic rings. The molecule has 0 amide bonds. The third-order valence-corrected chi connectivity index (χ3v) is 2.19. The zero-order chi connectivity index (χ0) is 9.68. The summed E-state index contributed by atoms with van der Waals surface area (Å²) in [6, 6.07) is 6.43. The van der Waals surface area contributed by atoms with Gasteiger partial charge in [0.25, 0.3) is 0 Å². The van der Waals surface area contributed by atoms with Crippen molar-refractivity contribution >= 4 is 13.9 Å². The fourth-order valence-electron chi connectivity index (χ4n) is 1.45. The molecule has 0 aliphatic rings. The topological polar surface area (TPSA) is 0 Å². The van der Waals surface area contributed by atoms with E-state index in [0.717, 1.165) is 6.32 Å². The minimum Gasteiger partial charge on any atom is -0.0991 e. The predicted octanol–water partition coefficient (Wildman–Crippen LogP) is 2.33. The van der Waals surface area contributed by atoms with Crippen LogP contribution in [0.25, 0.3) is 6.08 Å². The Morgan fingerprint density at radius 3 is 2.85 bits per heavy atom. The molecule has 0 aromatic heterocycles. The molecule has 1 rings (SSSR count). The van der Waals surface area contributed by atoms with Gasteiger partial charge in [-0.2, -0.15) is 0 Å². The van der Waals surface area contributed by atoms with Gasteiger partial charge in [-0.05, 0) is 23.6 Å². The van der Waals surface area contributed by atoms with Gasteiger partial charge in [0.15, 0.2) is 0 Å². The Balaban J connectivity index is 3.14. The van der Waals surface area contributed by atoms with E-state index < -0.39 is 0 Å². The molecular weight excluding hydrogens is 155 g/mol. The van der Waals surface area contributed by atoms with Crippen molar-refractivity contribution in [1.29, 1.82) is 0 Å². The third kappa shape index (κ3) is 2.35. The lowest BCUT2D eigenvalue weighted by atomic mass is 9.90. The van der Waals surface area contributed by atoms with Crippen LogP contribution in [0.5, 0.6) is 0 Å². The Morgan fingerprint density at radius 1 is 1.46 bits per heavy atom. The molecule has 13 heavy (non-hydrogen) atoms. The summed E-state index contributed by atoms with van der Waals surface area (Å²) in [6.45, 7) is 5.81. The summed E-state index contributed by atoms with van der Waals surface area (Å²) in [4.78, 5) is 0. The minimum absolute atomic E-state index is 1.08. The molecular formula is C12H15B. The van der Waals surface area contributed by atoms with Crippen molar-refractivity contribution < 1.29 is 0 Å². The first-order valence-electron chi connectivity index (χ1n) is 4.67. The number of benzene rings is 1. The van der Waals surface area contributed by atoms with Gasteiger partial charge >= 0.3 is 0 Å². The highest BCUT2D eigenvalue weighted by atomic mass is 14.0.